The SMILES string of the molecule is CC(C)C(NC(=O)[C@@H](N)C(C)C)C(=O)CC[C@@H](O)CP(=O)(O)CC1CCCCC1. The van der Waals surface area contributed by atoms with Gasteiger partial charge in [-0.15, -0.1) is 0 Å². The molecule has 0 saturated heterocycles. The Labute approximate surface area is 175 Å². The third-order valence-electron chi connectivity index (χ3n) is 5.82. The van der Waals surface area contributed by atoms with Crippen LogP contribution in [0.5, 0.6) is 0 Å². The third-order valence-corrected chi connectivity index (χ3v) is 7.90. The highest BCUT2D eigenvalue weighted by molar-refractivity contribution is 7.58. The van der Waals surface area contributed by atoms with Gasteiger partial charge in [0.15, 0.2) is 5.78 Å². The van der Waals surface area contributed by atoms with Crippen LogP contribution in [0, 0.1) is 17.8 Å². The van der Waals surface area contributed by atoms with Gasteiger partial charge in [-0.25, -0.2) is 0 Å². The third kappa shape index (κ3) is 9.73. The first kappa shape index (κ1) is 26.3. The highest BCUT2D eigenvalue weighted by Gasteiger charge is 2.30. The number of amides is 1. The molecule has 1 fully saturated rings. The summed E-state index contributed by atoms with van der Waals surface area (Å²) in [7, 11) is -3.41. The second kappa shape index (κ2) is 12.2. The quantitative estimate of drug-likeness (QED) is 0.351. The standard InChI is InChI=1S/C21H41N2O5P/c1-14(2)19(22)21(26)23-20(15(3)4)18(25)11-10-17(24)13-29(27,28)12-16-8-6-5-7-9-16/h14-17,19-20,24H,5-13,22H2,1-4H3,(H,23,26)(H,27,28)/t17-,19+,20?/m1/s1. The normalized spacial score (nSPS) is 20.9. The lowest BCUT2D eigenvalue weighted by Crippen LogP contribution is -2.52. The Morgan fingerprint density at radius 2 is 1.69 bits per heavy atom. The predicted molar refractivity (Wildman–Crippen MR) is 116 cm³/mol. The molecule has 1 aliphatic carbocycles. The van der Waals surface area contributed by atoms with Gasteiger partial charge in [-0.2, -0.15) is 0 Å². The van der Waals surface area contributed by atoms with Gasteiger partial charge in [-0.1, -0.05) is 47.0 Å². The molecule has 0 aliphatic heterocycles. The van der Waals surface area contributed by atoms with Crippen molar-refractivity contribution in [2.45, 2.75) is 90.8 Å². The number of nitrogens with two attached hydrogens (primary N) is 1. The number of nitrogens with one attached hydrogen (secondary N) is 1. The summed E-state index contributed by atoms with van der Waals surface area (Å²) in [5.74, 6) is -0.441. The van der Waals surface area contributed by atoms with Crippen LogP contribution in [-0.4, -0.2) is 52.2 Å². The first-order chi connectivity index (χ1) is 13.4. The van der Waals surface area contributed by atoms with Crippen molar-refractivity contribution in [1.29, 1.82) is 0 Å². The van der Waals surface area contributed by atoms with Gasteiger partial charge in [-0.05, 0) is 37.0 Å². The molecule has 0 aromatic rings. The zero-order valence-electron chi connectivity index (χ0n) is 18.5. The zero-order valence-corrected chi connectivity index (χ0v) is 19.4. The summed E-state index contributed by atoms with van der Waals surface area (Å²) in [6, 6.07) is -1.36. The fourth-order valence-electron chi connectivity index (χ4n) is 3.90. The van der Waals surface area contributed by atoms with E-state index in [4.69, 9.17) is 5.73 Å². The minimum atomic E-state index is -3.41. The van der Waals surface area contributed by atoms with Crippen LogP contribution in [0.25, 0.3) is 0 Å². The van der Waals surface area contributed by atoms with Crippen molar-refractivity contribution in [3.63, 3.8) is 0 Å². The Morgan fingerprint density at radius 3 is 2.21 bits per heavy atom. The Kier molecular flexibility index (Phi) is 11.0. The fourth-order valence-corrected chi connectivity index (χ4v) is 6.07. The van der Waals surface area contributed by atoms with Gasteiger partial charge in [-0.3, -0.25) is 14.2 Å². The summed E-state index contributed by atoms with van der Waals surface area (Å²) in [4.78, 5) is 35.1. The van der Waals surface area contributed by atoms with E-state index in [1.54, 1.807) is 0 Å². The molecule has 0 aromatic heterocycles. The molecule has 1 saturated carbocycles. The number of rotatable bonds is 12. The van der Waals surface area contributed by atoms with Crippen molar-refractivity contribution >= 4 is 19.1 Å². The maximum absolute atomic E-state index is 12.6. The highest BCUT2D eigenvalue weighted by Crippen LogP contribution is 2.46. The van der Waals surface area contributed by atoms with E-state index >= 15 is 0 Å². The molecular formula is C21H41N2O5P. The van der Waals surface area contributed by atoms with E-state index in [9.17, 15) is 24.2 Å². The summed E-state index contributed by atoms with van der Waals surface area (Å²) < 4.78 is 12.5. The summed E-state index contributed by atoms with van der Waals surface area (Å²) in [5.41, 5.74) is 5.85. The van der Waals surface area contributed by atoms with E-state index in [1.165, 1.54) is 6.42 Å². The summed E-state index contributed by atoms with van der Waals surface area (Å²) in [6.07, 6.45) is 4.60. The Hall–Kier alpha value is -0.750. The van der Waals surface area contributed by atoms with Crippen LogP contribution in [0.3, 0.4) is 0 Å². The smallest absolute Gasteiger partial charge is 0.237 e. The number of aliphatic hydroxyl groups excluding tert-OH is 1. The molecule has 0 radical (unpaired) electrons. The van der Waals surface area contributed by atoms with E-state index in [0.717, 1.165) is 25.7 Å². The lowest BCUT2D eigenvalue weighted by molar-refractivity contribution is -0.130. The first-order valence-electron chi connectivity index (χ1n) is 11.0. The molecule has 7 nitrogen and oxygen atoms in total. The molecule has 0 aromatic carbocycles. The molecule has 2 unspecified atom stereocenters. The van der Waals surface area contributed by atoms with E-state index in [1.807, 2.05) is 27.7 Å². The summed E-state index contributed by atoms with van der Waals surface area (Å²) in [6.45, 7) is 7.36. The van der Waals surface area contributed by atoms with Crippen molar-refractivity contribution in [2.75, 3.05) is 12.3 Å². The van der Waals surface area contributed by atoms with Crippen LogP contribution in [0.2, 0.25) is 0 Å². The topological polar surface area (TPSA) is 130 Å². The number of ketones is 1. The first-order valence-corrected chi connectivity index (χ1v) is 13.0. The number of Topliss-reactive ketones (excluding diaryl/α,β-unsaturated/α-hetero) is 1. The number of carbonyl (C=O) groups excluding carboxylic acids is 2. The average Bonchev–Trinajstić information content (AvgIpc) is 2.62. The van der Waals surface area contributed by atoms with Crippen LogP contribution in [0.15, 0.2) is 0 Å². The number of aliphatic hydroxyl groups is 1. The van der Waals surface area contributed by atoms with Crippen molar-refractivity contribution in [3.8, 4) is 0 Å². The maximum Gasteiger partial charge on any atom is 0.237 e. The lowest BCUT2D eigenvalue weighted by Gasteiger charge is -2.26. The van der Waals surface area contributed by atoms with Gasteiger partial charge >= 0.3 is 0 Å². The van der Waals surface area contributed by atoms with Gasteiger partial charge in [0, 0.05) is 12.6 Å². The molecule has 1 rings (SSSR count). The zero-order chi connectivity index (χ0) is 22.2. The molecule has 1 aliphatic rings. The fraction of sp³-hybridized carbons (Fsp3) is 0.905. The molecule has 0 heterocycles. The van der Waals surface area contributed by atoms with Gasteiger partial charge < -0.3 is 21.1 Å². The molecule has 29 heavy (non-hydrogen) atoms. The molecule has 5 N–H and O–H groups in total. The van der Waals surface area contributed by atoms with Gasteiger partial charge in [0.2, 0.25) is 13.3 Å². The average molecular weight is 433 g/mol. The van der Waals surface area contributed by atoms with Gasteiger partial charge in [0.1, 0.15) is 0 Å². The van der Waals surface area contributed by atoms with E-state index in [0.29, 0.717) is 0 Å². The molecular weight excluding hydrogens is 391 g/mol. The lowest BCUT2D eigenvalue weighted by atomic mass is 9.91. The second-order valence-electron chi connectivity index (χ2n) is 9.37. The summed E-state index contributed by atoms with van der Waals surface area (Å²) in [5, 5.41) is 13.0. The van der Waals surface area contributed by atoms with Crippen molar-refractivity contribution in [3.05, 3.63) is 0 Å². The monoisotopic (exact) mass is 432 g/mol. The van der Waals surface area contributed by atoms with Crippen molar-refractivity contribution < 1.29 is 24.2 Å². The number of carbonyl (C=O) groups is 2. The number of hydrogen-bond acceptors (Lipinski definition) is 5. The van der Waals surface area contributed by atoms with Crippen LogP contribution >= 0.6 is 7.37 Å². The van der Waals surface area contributed by atoms with E-state index < -0.39 is 25.6 Å². The van der Waals surface area contributed by atoms with Gasteiger partial charge in [0.25, 0.3) is 0 Å². The van der Waals surface area contributed by atoms with E-state index in [-0.39, 0.29) is 54.6 Å². The van der Waals surface area contributed by atoms with Crippen LogP contribution < -0.4 is 11.1 Å². The van der Waals surface area contributed by atoms with Crippen LogP contribution in [0.1, 0.15) is 72.6 Å². The molecule has 0 spiro atoms. The molecule has 170 valence electrons. The predicted octanol–water partition coefficient (Wildman–Crippen LogP) is 2.67. The van der Waals surface area contributed by atoms with Crippen molar-refractivity contribution in [1.82, 2.24) is 5.32 Å². The van der Waals surface area contributed by atoms with Crippen LogP contribution in [-0.2, 0) is 14.2 Å². The maximum atomic E-state index is 12.6. The minimum Gasteiger partial charge on any atom is -0.393 e. The molecule has 1 amide bonds. The van der Waals surface area contributed by atoms with Gasteiger partial charge in [0.05, 0.1) is 24.3 Å². The minimum absolute atomic E-state index is 0.0393. The molecule has 4 atom stereocenters. The summed E-state index contributed by atoms with van der Waals surface area (Å²) >= 11 is 0. The van der Waals surface area contributed by atoms with E-state index in [2.05, 4.69) is 5.32 Å². The molecule has 0 bridgehead atoms. The largest absolute Gasteiger partial charge is 0.393 e. The second-order valence-corrected chi connectivity index (χ2v) is 11.8. The van der Waals surface area contributed by atoms with Crippen molar-refractivity contribution in [2.24, 2.45) is 23.5 Å². The van der Waals surface area contributed by atoms with Crippen LogP contribution in [0.4, 0.5) is 0 Å². The highest BCUT2D eigenvalue weighted by atomic mass is 31.2. The Bertz CT molecular complexity index is 575. The Balaban J connectivity index is 2.52. The molecule has 8 heteroatoms. The number of hydrogen-bond donors (Lipinski definition) is 4. The Morgan fingerprint density at radius 1 is 1.10 bits per heavy atom.